The molecule has 4 rings (SSSR count). The minimum absolute atomic E-state index is 0.0751. The van der Waals surface area contributed by atoms with Crippen LogP contribution in [-0.2, 0) is 4.74 Å². The normalized spacial score (nSPS) is 23.6. The molecule has 2 unspecified atom stereocenters. The molecule has 28 heavy (non-hydrogen) atoms. The molecular formula is C20H22ClF3N2O2. The second-order valence-electron chi connectivity index (χ2n) is 7.76. The minimum Gasteiger partial charge on any atom is -0.377 e. The first kappa shape index (κ1) is 19.6. The molecule has 2 atom stereocenters. The van der Waals surface area contributed by atoms with Gasteiger partial charge in [0, 0.05) is 18.1 Å². The van der Waals surface area contributed by atoms with Crippen molar-refractivity contribution < 1.29 is 22.7 Å². The predicted molar refractivity (Wildman–Crippen MR) is 101 cm³/mol. The molecule has 2 aliphatic rings. The number of nitrogens with zero attached hydrogens (tertiary/aromatic N) is 1. The Kier molecular flexibility index (Phi) is 5.31. The van der Waals surface area contributed by atoms with E-state index < -0.39 is 12.1 Å². The Bertz CT molecular complexity index is 876. The molecule has 0 spiro atoms. The summed E-state index contributed by atoms with van der Waals surface area (Å²) in [7, 11) is 0. The van der Waals surface area contributed by atoms with Crippen molar-refractivity contribution in [3.8, 4) is 0 Å². The number of carbonyl (C=O) groups is 1. The van der Waals surface area contributed by atoms with Gasteiger partial charge in [0.15, 0.2) is 0 Å². The van der Waals surface area contributed by atoms with Gasteiger partial charge in [0.05, 0.1) is 41.3 Å². The first-order valence-electron chi connectivity index (χ1n) is 9.56. The van der Waals surface area contributed by atoms with Crippen molar-refractivity contribution in [1.82, 2.24) is 9.88 Å². The average molecular weight is 415 g/mol. The maximum absolute atomic E-state index is 13.0. The fourth-order valence-corrected chi connectivity index (χ4v) is 4.50. The third kappa shape index (κ3) is 3.74. The van der Waals surface area contributed by atoms with E-state index in [1.165, 1.54) is 0 Å². The standard InChI is InChI=1S/C20H22ClF3N2O2/c21-16-5-2-6-17-18(16)15(9-26(17)14-10-28-11-14)19(27)25-8-12-3-1-4-13(7-12)20(22,23)24/h2,5-6,9,12-14H,1,3-4,7-8,10-11H2,(H,25,27). The molecule has 152 valence electrons. The monoisotopic (exact) mass is 414 g/mol. The van der Waals surface area contributed by atoms with Crippen molar-refractivity contribution in [2.45, 2.75) is 37.9 Å². The number of amides is 1. The minimum atomic E-state index is -4.16. The highest BCUT2D eigenvalue weighted by molar-refractivity contribution is 6.36. The second kappa shape index (κ2) is 7.59. The van der Waals surface area contributed by atoms with Gasteiger partial charge in [-0.3, -0.25) is 4.79 Å². The van der Waals surface area contributed by atoms with Gasteiger partial charge < -0.3 is 14.6 Å². The number of hydrogen-bond donors (Lipinski definition) is 1. The topological polar surface area (TPSA) is 43.3 Å². The van der Waals surface area contributed by atoms with Crippen LogP contribution >= 0.6 is 11.6 Å². The molecule has 1 aromatic heterocycles. The summed E-state index contributed by atoms with van der Waals surface area (Å²) in [6.07, 6.45) is -0.883. The predicted octanol–water partition coefficient (Wildman–Crippen LogP) is 4.96. The Morgan fingerprint density at radius 1 is 1.29 bits per heavy atom. The Hall–Kier alpha value is -1.73. The number of halogens is 4. The number of alkyl halides is 3. The lowest BCUT2D eigenvalue weighted by Gasteiger charge is -2.30. The van der Waals surface area contributed by atoms with E-state index in [1.807, 2.05) is 16.7 Å². The van der Waals surface area contributed by atoms with Crippen LogP contribution in [0.4, 0.5) is 13.2 Å². The number of aromatic nitrogens is 1. The number of carbonyl (C=O) groups excluding carboxylic acids is 1. The van der Waals surface area contributed by atoms with Crippen LogP contribution in [0.5, 0.6) is 0 Å². The van der Waals surface area contributed by atoms with Gasteiger partial charge >= 0.3 is 6.18 Å². The Morgan fingerprint density at radius 2 is 2.07 bits per heavy atom. The van der Waals surface area contributed by atoms with Gasteiger partial charge in [0.2, 0.25) is 0 Å². The summed E-state index contributed by atoms with van der Waals surface area (Å²) >= 11 is 6.35. The molecule has 8 heteroatoms. The van der Waals surface area contributed by atoms with Crippen molar-refractivity contribution >= 4 is 28.4 Å². The summed E-state index contributed by atoms with van der Waals surface area (Å²) in [6, 6.07) is 5.64. The number of ether oxygens (including phenoxy) is 1. The molecule has 1 saturated heterocycles. The van der Waals surface area contributed by atoms with Crippen molar-refractivity contribution in [1.29, 1.82) is 0 Å². The highest BCUT2D eigenvalue weighted by Gasteiger charge is 2.42. The van der Waals surface area contributed by atoms with E-state index in [4.69, 9.17) is 16.3 Å². The number of rotatable bonds is 4. The van der Waals surface area contributed by atoms with Gasteiger partial charge in [-0.15, -0.1) is 0 Å². The van der Waals surface area contributed by atoms with Crippen LogP contribution < -0.4 is 5.32 Å². The fraction of sp³-hybridized carbons (Fsp3) is 0.550. The molecule has 0 radical (unpaired) electrons. The van der Waals surface area contributed by atoms with Crippen LogP contribution in [0.15, 0.2) is 24.4 Å². The Labute approximate surface area is 166 Å². The molecule has 1 aromatic carbocycles. The number of fused-ring (bicyclic) bond motifs is 1. The van der Waals surface area contributed by atoms with E-state index in [2.05, 4.69) is 5.32 Å². The maximum Gasteiger partial charge on any atom is 0.391 e. The molecular weight excluding hydrogens is 393 g/mol. The lowest BCUT2D eigenvalue weighted by molar-refractivity contribution is -0.185. The zero-order valence-corrected chi connectivity index (χ0v) is 16.0. The average Bonchev–Trinajstić information content (AvgIpc) is 2.99. The van der Waals surface area contributed by atoms with Gasteiger partial charge in [-0.2, -0.15) is 13.2 Å². The summed E-state index contributed by atoms with van der Waals surface area (Å²) in [5, 5.41) is 3.99. The summed E-state index contributed by atoms with van der Waals surface area (Å²) in [6.45, 7) is 1.41. The van der Waals surface area contributed by atoms with Gasteiger partial charge in [-0.1, -0.05) is 24.1 Å². The van der Waals surface area contributed by atoms with Gasteiger partial charge in [0.25, 0.3) is 5.91 Å². The summed E-state index contributed by atoms with van der Waals surface area (Å²) in [5.74, 6) is -1.72. The van der Waals surface area contributed by atoms with Crippen LogP contribution in [0.2, 0.25) is 5.02 Å². The lowest BCUT2D eigenvalue weighted by atomic mass is 9.81. The third-order valence-electron chi connectivity index (χ3n) is 5.86. The van der Waals surface area contributed by atoms with Gasteiger partial charge in [0.1, 0.15) is 0 Å². The van der Waals surface area contributed by atoms with Crippen molar-refractivity contribution in [3.63, 3.8) is 0 Å². The molecule has 2 aromatic rings. The van der Waals surface area contributed by atoms with Crippen LogP contribution in [0, 0.1) is 11.8 Å². The molecule has 1 aliphatic heterocycles. The van der Waals surface area contributed by atoms with E-state index in [9.17, 15) is 18.0 Å². The SMILES string of the molecule is O=C(NCC1CCCC(C(F)(F)F)C1)c1cn(C2COC2)c2cccc(Cl)c12. The molecule has 4 nitrogen and oxygen atoms in total. The smallest absolute Gasteiger partial charge is 0.377 e. The molecule has 2 fully saturated rings. The zero-order chi connectivity index (χ0) is 19.9. The number of hydrogen-bond acceptors (Lipinski definition) is 2. The van der Waals surface area contributed by atoms with Crippen molar-refractivity contribution in [2.24, 2.45) is 11.8 Å². The van der Waals surface area contributed by atoms with E-state index in [-0.39, 0.29) is 37.3 Å². The molecule has 1 N–H and O–H groups in total. The zero-order valence-electron chi connectivity index (χ0n) is 15.3. The van der Waals surface area contributed by atoms with E-state index in [0.29, 0.717) is 42.0 Å². The van der Waals surface area contributed by atoms with Crippen LogP contribution in [0.3, 0.4) is 0 Å². The quantitative estimate of drug-likeness (QED) is 0.768. The molecule has 2 heterocycles. The van der Waals surface area contributed by atoms with E-state index >= 15 is 0 Å². The molecule has 1 aliphatic carbocycles. The van der Waals surface area contributed by atoms with Crippen LogP contribution in [-0.4, -0.2) is 36.4 Å². The highest BCUT2D eigenvalue weighted by atomic mass is 35.5. The molecule has 1 saturated carbocycles. The fourth-order valence-electron chi connectivity index (χ4n) is 4.23. The van der Waals surface area contributed by atoms with Crippen molar-refractivity contribution in [2.75, 3.05) is 19.8 Å². The number of benzene rings is 1. The second-order valence-corrected chi connectivity index (χ2v) is 8.16. The Balaban J connectivity index is 1.50. The molecule has 0 bridgehead atoms. The summed E-state index contributed by atoms with van der Waals surface area (Å²) in [4.78, 5) is 12.8. The first-order chi connectivity index (χ1) is 13.3. The van der Waals surface area contributed by atoms with Gasteiger partial charge in [-0.25, -0.2) is 0 Å². The van der Waals surface area contributed by atoms with Gasteiger partial charge in [-0.05, 0) is 37.3 Å². The largest absolute Gasteiger partial charge is 0.391 e. The lowest BCUT2D eigenvalue weighted by Crippen LogP contribution is -2.35. The highest BCUT2D eigenvalue weighted by Crippen LogP contribution is 2.40. The van der Waals surface area contributed by atoms with Crippen LogP contribution in [0.1, 0.15) is 42.1 Å². The summed E-state index contributed by atoms with van der Waals surface area (Å²) < 4.78 is 46.3. The van der Waals surface area contributed by atoms with Crippen molar-refractivity contribution in [3.05, 3.63) is 35.0 Å². The van der Waals surface area contributed by atoms with E-state index in [0.717, 1.165) is 5.52 Å². The summed E-state index contributed by atoms with van der Waals surface area (Å²) in [5.41, 5.74) is 1.32. The molecule has 1 amide bonds. The van der Waals surface area contributed by atoms with Crippen LogP contribution in [0.25, 0.3) is 10.9 Å². The van der Waals surface area contributed by atoms with E-state index in [1.54, 1.807) is 12.3 Å². The Morgan fingerprint density at radius 3 is 2.75 bits per heavy atom. The maximum atomic E-state index is 13.0. The first-order valence-corrected chi connectivity index (χ1v) is 9.94. The third-order valence-corrected chi connectivity index (χ3v) is 6.18. The number of nitrogens with one attached hydrogen (secondary N) is 1.